The molecule has 0 aliphatic carbocycles. The molecule has 1 heterocycles. The van der Waals surface area contributed by atoms with Crippen molar-refractivity contribution in [3.05, 3.63) is 0 Å². The first kappa shape index (κ1) is 16.9. The Hall–Kier alpha value is -1.15. The highest BCUT2D eigenvalue weighted by molar-refractivity contribution is 9.09. The molecular formula is C12H17BrO7. The third-order valence-corrected chi connectivity index (χ3v) is 3.36. The number of carbonyl (C=O) groups is 3. The fourth-order valence-corrected chi connectivity index (χ4v) is 2.70. The summed E-state index contributed by atoms with van der Waals surface area (Å²) in [5, 5.41) is -0.669. The maximum Gasteiger partial charge on any atom is 0.303 e. The lowest BCUT2D eigenvalue weighted by molar-refractivity contribution is -0.227. The van der Waals surface area contributed by atoms with E-state index in [4.69, 9.17) is 18.9 Å². The van der Waals surface area contributed by atoms with Gasteiger partial charge in [-0.15, -0.1) is 0 Å². The summed E-state index contributed by atoms with van der Waals surface area (Å²) in [5.41, 5.74) is 0. The van der Waals surface area contributed by atoms with Crippen molar-refractivity contribution in [2.24, 2.45) is 0 Å². The average molecular weight is 353 g/mol. The van der Waals surface area contributed by atoms with Crippen molar-refractivity contribution < 1.29 is 33.3 Å². The molecule has 0 aromatic rings. The van der Waals surface area contributed by atoms with Crippen LogP contribution in [0.1, 0.15) is 27.7 Å². The summed E-state index contributed by atoms with van der Waals surface area (Å²) >= 11 is 3.22. The first-order chi connectivity index (χ1) is 9.22. The van der Waals surface area contributed by atoms with Gasteiger partial charge in [0.05, 0.1) is 6.10 Å². The molecule has 5 atom stereocenters. The van der Waals surface area contributed by atoms with Crippen LogP contribution in [-0.2, 0) is 33.3 Å². The average Bonchev–Trinajstić information content (AvgIpc) is 2.27. The van der Waals surface area contributed by atoms with Crippen LogP contribution in [0.4, 0.5) is 0 Å². The normalized spacial score (nSPS) is 33.1. The van der Waals surface area contributed by atoms with Gasteiger partial charge in [0, 0.05) is 20.8 Å². The van der Waals surface area contributed by atoms with Gasteiger partial charge in [0.2, 0.25) is 0 Å². The number of rotatable bonds is 3. The van der Waals surface area contributed by atoms with E-state index in [0.717, 1.165) is 0 Å². The van der Waals surface area contributed by atoms with Crippen molar-refractivity contribution >= 4 is 33.8 Å². The van der Waals surface area contributed by atoms with Gasteiger partial charge in [-0.2, -0.15) is 0 Å². The van der Waals surface area contributed by atoms with Crippen molar-refractivity contribution in [2.75, 3.05) is 0 Å². The number of hydrogen-bond donors (Lipinski definition) is 0. The van der Waals surface area contributed by atoms with Gasteiger partial charge < -0.3 is 18.9 Å². The minimum absolute atomic E-state index is 0.528. The van der Waals surface area contributed by atoms with Crippen molar-refractivity contribution in [2.45, 2.75) is 57.1 Å². The predicted molar refractivity (Wildman–Crippen MR) is 69.9 cm³/mol. The quantitative estimate of drug-likeness (QED) is 0.424. The lowest BCUT2D eigenvalue weighted by atomic mass is 10.00. The van der Waals surface area contributed by atoms with Crippen LogP contribution in [0.3, 0.4) is 0 Å². The molecule has 0 amide bonds. The minimum Gasteiger partial charge on any atom is -0.456 e. The molecule has 1 aliphatic heterocycles. The summed E-state index contributed by atoms with van der Waals surface area (Å²) in [6.45, 7) is 5.35. The molecule has 1 aliphatic rings. The molecule has 0 aromatic carbocycles. The lowest BCUT2D eigenvalue weighted by Gasteiger charge is -2.41. The van der Waals surface area contributed by atoms with Crippen molar-refractivity contribution in [1.82, 2.24) is 0 Å². The Bertz CT molecular complexity index is 369. The van der Waals surface area contributed by atoms with Gasteiger partial charge in [-0.3, -0.25) is 14.4 Å². The van der Waals surface area contributed by atoms with E-state index in [0.29, 0.717) is 0 Å². The Balaban J connectivity index is 3.01. The van der Waals surface area contributed by atoms with Gasteiger partial charge in [-0.05, 0) is 6.92 Å². The standard InChI is InChI=1S/C12H17BrO7/c1-5-9(18-6(2)14)10(19-7(3)15)11(12(13)17-5)20-8(4)16/h5,9-12H,1-4H3/t5-,9+,10+,11-,12+/m1/s1. The second kappa shape index (κ2) is 7.03. The fourth-order valence-electron chi connectivity index (χ4n) is 1.96. The summed E-state index contributed by atoms with van der Waals surface area (Å²) in [6, 6.07) is 0. The maximum atomic E-state index is 11.2. The molecule has 0 radical (unpaired) electrons. The van der Waals surface area contributed by atoms with Crippen LogP contribution in [0.25, 0.3) is 0 Å². The zero-order valence-electron chi connectivity index (χ0n) is 11.6. The molecule has 1 rings (SSSR count). The molecule has 0 aromatic heterocycles. The number of esters is 3. The smallest absolute Gasteiger partial charge is 0.303 e. The molecule has 0 bridgehead atoms. The molecule has 0 N–H and O–H groups in total. The summed E-state index contributed by atoms with van der Waals surface area (Å²) in [6.07, 6.45) is -3.22. The van der Waals surface area contributed by atoms with Gasteiger partial charge in [0.15, 0.2) is 23.3 Å². The first-order valence-electron chi connectivity index (χ1n) is 6.03. The Morgan fingerprint density at radius 2 is 1.25 bits per heavy atom. The Morgan fingerprint density at radius 3 is 1.70 bits per heavy atom. The highest BCUT2D eigenvalue weighted by atomic mass is 79.9. The van der Waals surface area contributed by atoms with Gasteiger partial charge in [0.1, 0.15) is 0 Å². The number of alkyl halides is 1. The highest BCUT2D eigenvalue weighted by Crippen LogP contribution is 2.31. The van der Waals surface area contributed by atoms with E-state index in [-0.39, 0.29) is 0 Å². The molecular weight excluding hydrogens is 336 g/mol. The summed E-state index contributed by atoms with van der Waals surface area (Å²) in [5.74, 6) is -1.67. The van der Waals surface area contributed by atoms with E-state index in [9.17, 15) is 14.4 Å². The topological polar surface area (TPSA) is 88.1 Å². The summed E-state index contributed by atoms with van der Waals surface area (Å²) in [4.78, 5) is 33.5. The second-order valence-electron chi connectivity index (χ2n) is 4.41. The predicted octanol–water partition coefficient (Wildman–Crippen LogP) is 0.921. The molecule has 8 heteroatoms. The number of hydrogen-bond acceptors (Lipinski definition) is 7. The molecule has 7 nitrogen and oxygen atoms in total. The number of halogens is 1. The minimum atomic E-state index is -0.937. The van der Waals surface area contributed by atoms with Crippen molar-refractivity contribution in [3.63, 3.8) is 0 Å². The fraction of sp³-hybridized carbons (Fsp3) is 0.750. The van der Waals surface area contributed by atoms with E-state index >= 15 is 0 Å². The second-order valence-corrected chi connectivity index (χ2v) is 5.32. The lowest BCUT2D eigenvalue weighted by Crippen LogP contribution is -2.59. The monoisotopic (exact) mass is 352 g/mol. The van der Waals surface area contributed by atoms with Gasteiger partial charge in [0.25, 0.3) is 0 Å². The van der Waals surface area contributed by atoms with Gasteiger partial charge in [-0.25, -0.2) is 0 Å². The zero-order chi connectivity index (χ0) is 15.4. The van der Waals surface area contributed by atoms with Gasteiger partial charge in [-0.1, -0.05) is 15.9 Å². The largest absolute Gasteiger partial charge is 0.456 e. The molecule has 0 spiro atoms. The maximum absolute atomic E-state index is 11.2. The van der Waals surface area contributed by atoms with Crippen molar-refractivity contribution in [1.29, 1.82) is 0 Å². The van der Waals surface area contributed by atoms with Crippen LogP contribution in [0.15, 0.2) is 0 Å². The van der Waals surface area contributed by atoms with Crippen LogP contribution in [0.5, 0.6) is 0 Å². The van der Waals surface area contributed by atoms with Crippen LogP contribution in [0.2, 0.25) is 0 Å². The van der Waals surface area contributed by atoms with E-state index in [1.54, 1.807) is 6.92 Å². The molecule has 1 saturated heterocycles. The summed E-state index contributed by atoms with van der Waals surface area (Å²) in [7, 11) is 0. The summed E-state index contributed by atoms with van der Waals surface area (Å²) < 4.78 is 20.9. The Morgan fingerprint density at radius 1 is 0.850 bits per heavy atom. The van der Waals surface area contributed by atoms with E-state index < -0.39 is 47.3 Å². The van der Waals surface area contributed by atoms with Crippen molar-refractivity contribution in [3.8, 4) is 0 Å². The Kier molecular flexibility index (Phi) is 5.94. The van der Waals surface area contributed by atoms with Crippen LogP contribution < -0.4 is 0 Å². The highest BCUT2D eigenvalue weighted by Gasteiger charge is 2.49. The van der Waals surface area contributed by atoms with Crippen LogP contribution in [0, 0.1) is 0 Å². The SMILES string of the molecule is CC(=O)O[C@H]1[C@@H](OC(C)=O)[C@@H](C)O[C@H](Br)[C@@H]1OC(C)=O. The molecule has 114 valence electrons. The van der Waals surface area contributed by atoms with Gasteiger partial charge >= 0.3 is 17.9 Å². The van der Waals surface area contributed by atoms with E-state index in [1.165, 1.54) is 20.8 Å². The Labute approximate surface area is 125 Å². The molecule has 1 fully saturated rings. The van der Waals surface area contributed by atoms with E-state index in [2.05, 4.69) is 15.9 Å². The third-order valence-electron chi connectivity index (χ3n) is 2.62. The van der Waals surface area contributed by atoms with E-state index in [1.807, 2.05) is 0 Å². The zero-order valence-corrected chi connectivity index (χ0v) is 13.2. The molecule has 0 unspecified atom stereocenters. The first-order valence-corrected chi connectivity index (χ1v) is 6.95. The molecule has 0 saturated carbocycles. The van der Waals surface area contributed by atoms with Crippen LogP contribution in [-0.4, -0.2) is 47.3 Å². The number of carbonyl (C=O) groups excluding carboxylic acids is 3. The van der Waals surface area contributed by atoms with Crippen LogP contribution >= 0.6 is 15.9 Å². The molecule has 20 heavy (non-hydrogen) atoms. The third kappa shape index (κ3) is 4.45. The number of ether oxygens (including phenoxy) is 4.